The predicted octanol–water partition coefficient (Wildman–Crippen LogP) is 4.36. The number of thiazole rings is 1. The second-order valence-corrected chi connectivity index (χ2v) is 6.83. The Balaban J connectivity index is 1.65. The number of rotatable bonds is 7. The summed E-state index contributed by atoms with van der Waals surface area (Å²) in [6, 6.07) is 10.6. The number of pyridine rings is 1. The standard InChI is InChI=1S/C20H20N2O4S/c1-13(2)26-17-8-7-14(10-18(17)24-3)20(23)25-11-15-12-27-19(22-15)16-6-4-5-9-21-16/h4-10,12-13H,11H2,1-3H3. The molecule has 0 saturated heterocycles. The molecule has 0 saturated carbocycles. The second kappa shape index (κ2) is 8.64. The van der Waals surface area contributed by atoms with E-state index in [1.54, 1.807) is 24.4 Å². The van der Waals surface area contributed by atoms with Gasteiger partial charge in [0, 0.05) is 11.6 Å². The minimum atomic E-state index is -0.447. The highest BCUT2D eigenvalue weighted by Crippen LogP contribution is 2.29. The number of esters is 1. The van der Waals surface area contributed by atoms with Gasteiger partial charge in [0.05, 0.1) is 30.2 Å². The fourth-order valence-corrected chi connectivity index (χ4v) is 3.13. The number of aromatic nitrogens is 2. The van der Waals surface area contributed by atoms with Crippen LogP contribution in [0.3, 0.4) is 0 Å². The highest BCUT2D eigenvalue weighted by atomic mass is 32.1. The number of hydrogen-bond acceptors (Lipinski definition) is 7. The van der Waals surface area contributed by atoms with Crippen molar-refractivity contribution in [2.75, 3.05) is 7.11 Å². The van der Waals surface area contributed by atoms with Crippen molar-refractivity contribution in [1.82, 2.24) is 9.97 Å². The van der Waals surface area contributed by atoms with Crippen molar-refractivity contribution in [3.8, 4) is 22.2 Å². The van der Waals surface area contributed by atoms with Gasteiger partial charge in [-0.15, -0.1) is 11.3 Å². The van der Waals surface area contributed by atoms with E-state index in [1.807, 2.05) is 37.4 Å². The minimum Gasteiger partial charge on any atom is -0.493 e. The van der Waals surface area contributed by atoms with E-state index in [4.69, 9.17) is 14.2 Å². The average Bonchev–Trinajstić information content (AvgIpc) is 3.16. The van der Waals surface area contributed by atoms with Crippen molar-refractivity contribution in [3.63, 3.8) is 0 Å². The molecule has 27 heavy (non-hydrogen) atoms. The SMILES string of the molecule is COc1cc(C(=O)OCc2csc(-c3ccccn3)n2)ccc1OC(C)C. The van der Waals surface area contributed by atoms with Crippen LogP contribution in [-0.4, -0.2) is 29.2 Å². The third-order valence-corrected chi connectivity index (χ3v) is 4.46. The minimum absolute atomic E-state index is 0.00895. The van der Waals surface area contributed by atoms with Crippen LogP contribution >= 0.6 is 11.3 Å². The van der Waals surface area contributed by atoms with Gasteiger partial charge < -0.3 is 14.2 Å². The van der Waals surface area contributed by atoms with E-state index >= 15 is 0 Å². The maximum atomic E-state index is 12.3. The largest absolute Gasteiger partial charge is 0.493 e. The van der Waals surface area contributed by atoms with E-state index in [-0.39, 0.29) is 12.7 Å². The topological polar surface area (TPSA) is 70.5 Å². The number of carbonyl (C=O) groups is 1. The van der Waals surface area contributed by atoms with Crippen molar-refractivity contribution in [3.05, 3.63) is 59.2 Å². The average molecular weight is 384 g/mol. The van der Waals surface area contributed by atoms with Crippen molar-refractivity contribution < 1.29 is 19.0 Å². The Bertz CT molecular complexity index is 909. The van der Waals surface area contributed by atoms with Crippen molar-refractivity contribution >= 4 is 17.3 Å². The summed E-state index contributed by atoms with van der Waals surface area (Å²) in [5.41, 5.74) is 1.87. The third kappa shape index (κ3) is 4.83. The van der Waals surface area contributed by atoms with Crippen molar-refractivity contribution in [1.29, 1.82) is 0 Å². The Hall–Kier alpha value is -2.93. The molecule has 0 N–H and O–H groups in total. The molecule has 0 aliphatic carbocycles. The Morgan fingerprint density at radius 2 is 2.04 bits per heavy atom. The molecule has 1 aromatic carbocycles. The zero-order chi connectivity index (χ0) is 19.2. The highest BCUT2D eigenvalue weighted by molar-refractivity contribution is 7.13. The lowest BCUT2D eigenvalue weighted by molar-refractivity contribution is 0.0468. The molecule has 2 heterocycles. The molecule has 0 aliphatic heterocycles. The number of carbonyl (C=O) groups excluding carboxylic acids is 1. The van der Waals surface area contributed by atoms with Gasteiger partial charge in [-0.2, -0.15) is 0 Å². The smallest absolute Gasteiger partial charge is 0.338 e. The first-order valence-electron chi connectivity index (χ1n) is 8.44. The van der Waals surface area contributed by atoms with Gasteiger partial charge in [0.2, 0.25) is 0 Å². The number of hydrogen-bond donors (Lipinski definition) is 0. The summed E-state index contributed by atoms with van der Waals surface area (Å²) < 4.78 is 16.3. The lowest BCUT2D eigenvalue weighted by Crippen LogP contribution is -2.09. The summed E-state index contributed by atoms with van der Waals surface area (Å²) in [4.78, 5) is 21.1. The lowest BCUT2D eigenvalue weighted by atomic mass is 10.2. The Kier molecular flexibility index (Phi) is 6.03. The highest BCUT2D eigenvalue weighted by Gasteiger charge is 2.14. The van der Waals surface area contributed by atoms with Crippen LogP contribution in [-0.2, 0) is 11.3 Å². The molecular weight excluding hydrogens is 364 g/mol. The maximum Gasteiger partial charge on any atom is 0.338 e. The lowest BCUT2D eigenvalue weighted by Gasteiger charge is -2.14. The van der Waals surface area contributed by atoms with Crippen LogP contribution in [0, 0.1) is 0 Å². The molecule has 6 nitrogen and oxygen atoms in total. The van der Waals surface area contributed by atoms with Gasteiger partial charge in [-0.25, -0.2) is 9.78 Å². The van der Waals surface area contributed by atoms with Crippen LogP contribution in [0.4, 0.5) is 0 Å². The molecule has 3 rings (SSSR count). The van der Waals surface area contributed by atoms with E-state index in [0.29, 0.717) is 22.8 Å². The monoisotopic (exact) mass is 384 g/mol. The Morgan fingerprint density at radius 1 is 1.19 bits per heavy atom. The fraction of sp³-hybridized carbons (Fsp3) is 0.250. The summed E-state index contributed by atoms with van der Waals surface area (Å²) >= 11 is 1.46. The van der Waals surface area contributed by atoms with E-state index in [2.05, 4.69) is 9.97 Å². The molecule has 3 aromatic rings. The fourth-order valence-electron chi connectivity index (χ4n) is 2.35. The number of ether oxygens (including phenoxy) is 3. The summed E-state index contributed by atoms with van der Waals surface area (Å²) in [5, 5.41) is 2.65. The molecule has 0 fully saturated rings. The van der Waals surface area contributed by atoms with E-state index < -0.39 is 5.97 Å². The van der Waals surface area contributed by atoms with Crippen LogP contribution in [0.1, 0.15) is 29.9 Å². The molecule has 2 aromatic heterocycles. The van der Waals surface area contributed by atoms with Gasteiger partial charge in [-0.3, -0.25) is 4.98 Å². The maximum absolute atomic E-state index is 12.3. The van der Waals surface area contributed by atoms with Crippen LogP contribution in [0.25, 0.3) is 10.7 Å². The quantitative estimate of drug-likeness (QED) is 0.564. The van der Waals surface area contributed by atoms with E-state index in [0.717, 1.165) is 10.7 Å². The molecule has 0 unspecified atom stereocenters. The van der Waals surface area contributed by atoms with Gasteiger partial charge >= 0.3 is 5.97 Å². The van der Waals surface area contributed by atoms with Crippen LogP contribution < -0.4 is 9.47 Å². The molecule has 0 amide bonds. The Morgan fingerprint density at radius 3 is 2.74 bits per heavy atom. The molecule has 0 spiro atoms. The molecule has 140 valence electrons. The van der Waals surface area contributed by atoms with Gasteiger partial charge in [-0.05, 0) is 44.2 Å². The summed E-state index contributed by atoms with van der Waals surface area (Å²) in [7, 11) is 1.53. The first-order valence-corrected chi connectivity index (χ1v) is 9.32. The zero-order valence-electron chi connectivity index (χ0n) is 15.3. The van der Waals surface area contributed by atoms with Crippen LogP contribution in [0.2, 0.25) is 0 Å². The van der Waals surface area contributed by atoms with Crippen LogP contribution in [0.15, 0.2) is 48.0 Å². The van der Waals surface area contributed by atoms with E-state index in [9.17, 15) is 4.79 Å². The zero-order valence-corrected chi connectivity index (χ0v) is 16.2. The first-order chi connectivity index (χ1) is 13.1. The second-order valence-electron chi connectivity index (χ2n) is 5.97. The summed E-state index contributed by atoms with van der Waals surface area (Å²) in [5.74, 6) is 0.629. The molecule has 0 bridgehead atoms. The van der Waals surface area contributed by atoms with Gasteiger partial charge in [0.25, 0.3) is 0 Å². The van der Waals surface area contributed by atoms with Gasteiger partial charge in [-0.1, -0.05) is 6.07 Å². The van der Waals surface area contributed by atoms with Crippen LogP contribution in [0.5, 0.6) is 11.5 Å². The molecule has 7 heteroatoms. The third-order valence-electron chi connectivity index (χ3n) is 3.55. The number of nitrogens with zero attached hydrogens (tertiary/aromatic N) is 2. The molecular formula is C20H20N2O4S. The van der Waals surface area contributed by atoms with Gasteiger partial charge in [0.1, 0.15) is 11.6 Å². The number of benzene rings is 1. The molecule has 0 aliphatic rings. The van der Waals surface area contributed by atoms with Gasteiger partial charge in [0.15, 0.2) is 11.5 Å². The summed E-state index contributed by atoms with van der Waals surface area (Å²) in [6.45, 7) is 3.94. The van der Waals surface area contributed by atoms with E-state index in [1.165, 1.54) is 18.4 Å². The summed E-state index contributed by atoms with van der Waals surface area (Å²) in [6.07, 6.45) is 1.73. The Labute approximate surface area is 161 Å². The van der Waals surface area contributed by atoms with Crippen molar-refractivity contribution in [2.24, 2.45) is 0 Å². The predicted molar refractivity (Wildman–Crippen MR) is 103 cm³/mol. The molecule has 0 atom stereocenters. The molecule has 0 radical (unpaired) electrons. The van der Waals surface area contributed by atoms with Crippen molar-refractivity contribution in [2.45, 2.75) is 26.6 Å². The number of methoxy groups -OCH3 is 1. The normalized spacial score (nSPS) is 10.7. The first kappa shape index (κ1) is 18.8.